The van der Waals surface area contributed by atoms with Gasteiger partial charge in [-0.2, -0.15) is 0 Å². The minimum absolute atomic E-state index is 0.103. The SMILES string of the molecule is O=C(Cc1ccc(Cl)c(Cl)c1)c1ccc(Br)o1. The molecule has 0 saturated heterocycles. The summed E-state index contributed by atoms with van der Waals surface area (Å²) in [6, 6.07) is 8.43. The van der Waals surface area contributed by atoms with Crippen molar-refractivity contribution in [3.8, 4) is 0 Å². The predicted molar refractivity (Wildman–Crippen MR) is 70.9 cm³/mol. The minimum Gasteiger partial charge on any atom is -0.446 e. The van der Waals surface area contributed by atoms with Crippen molar-refractivity contribution < 1.29 is 9.21 Å². The van der Waals surface area contributed by atoms with E-state index in [1.54, 1.807) is 30.3 Å². The van der Waals surface area contributed by atoms with Gasteiger partial charge in [0, 0.05) is 6.42 Å². The summed E-state index contributed by atoms with van der Waals surface area (Å²) in [6.45, 7) is 0. The standard InChI is InChI=1S/C12H7BrCl2O2/c13-12-4-3-11(17-12)10(16)6-7-1-2-8(14)9(15)5-7/h1-5H,6H2. The number of furan rings is 1. The third-order valence-corrected chi connectivity index (χ3v) is 3.36. The second kappa shape index (κ2) is 5.25. The summed E-state index contributed by atoms with van der Waals surface area (Å²) < 4.78 is 5.72. The van der Waals surface area contributed by atoms with Crippen molar-refractivity contribution in [1.82, 2.24) is 0 Å². The molecule has 2 aromatic rings. The largest absolute Gasteiger partial charge is 0.446 e. The molecule has 5 heteroatoms. The fourth-order valence-corrected chi connectivity index (χ4v) is 2.01. The van der Waals surface area contributed by atoms with Gasteiger partial charge >= 0.3 is 0 Å². The van der Waals surface area contributed by atoms with Crippen LogP contribution < -0.4 is 0 Å². The van der Waals surface area contributed by atoms with E-state index in [0.29, 0.717) is 20.5 Å². The van der Waals surface area contributed by atoms with Crippen LogP contribution in [0, 0.1) is 0 Å². The first-order valence-electron chi connectivity index (χ1n) is 4.79. The highest BCUT2D eigenvalue weighted by Gasteiger charge is 2.12. The Labute approximate surface area is 117 Å². The van der Waals surface area contributed by atoms with E-state index in [4.69, 9.17) is 27.6 Å². The number of Topliss-reactive ketones (excluding diaryl/α,β-unsaturated/α-hetero) is 1. The van der Waals surface area contributed by atoms with Gasteiger partial charge in [-0.3, -0.25) is 4.79 Å². The van der Waals surface area contributed by atoms with Crippen LogP contribution in [0.3, 0.4) is 0 Å². The highest BCUT2D eigenvalue weighted by Crippen LogP contribution is 2.23. The van der Waals surface area contributed by atoms with Crippen LogP contribution in [0.5, 0.6) is 0 Å². The maximum Gasteiger partial charge on any atom is 0.202 e. The predicted octanol–water partition coefficient (Wildman–Crippen LogP) is 4.77. The highest BCUT2D eigenvalue weighted by atomic mass is 79.9. The molecule has 0 N–H and O–H groups in total. The minimum atomic E-state index is -0.103. The lowest BCUT2D eigenvalue weighted by Crippen LogP contribution is -2.01. The van der Waals surface area contributed by atoms with Crippen LogP contribution in [-0.2, 0) is 6.42 Å². The molecule has 88 valence electrons. The van der Waals surface area contributed by atoms with Gasteiger partial charge < -0.3 is 4.42 Å². The molecule has 17 heavy (non-hydrogen) atoms. The van der Waals surface area contributed by atoms with Crippen molar-refractivity contribution in [3.05, 3.63) is 56.4 Å². The summed E-state index contributed by atoms with van der Waals surface area (Å²) in [5, 5.41) is 0.918. The Hall–Kier alpha value is -0.770. The number of halogens is 3. The molecule has 0 aliphatic heterocycles. The van der Waals surface area contributed by atoms with Crippen molar-refractivity contribution in [2.75, 3.05) is 0 Å². The van der Waals surface area contributed by atoms with Gasteiger partial charge in [-0.1, -0.05) is 29.3 Å². The van der Waals surface area contributed by atoms with Crippen molar-refractivity contribution in [2.24, 2.45) is 0 Å². The molecule has 0 saturated carbocycles. The Kier molecular flexibility index (Phi) is 3.92. The lowest BCUT2D eigenvalue weighted by Gasteiger charge is -2.01. The molecule has 1 heterocycles. The molecule has 0 amide bonds. The molecule has 0 spiro atoms. The fourth-order valence-electron chi connectivity index (χ4n) is 1.39. The van der Waals surface area contributed by atoms with Crippen molar-refractivity contribution in [1.29, 1.82) is 0 Å². The Morgan fingerprint density at radius 2 is 1.94 bits per heavy atom. The van der Waals surface area contributed by atoms with Gasteiger partial charge in [0.2, 0.25) is 5.78 Å². The highest BCUT2D eigenvalue weighted by molar-refractivity contribution is 9.10. The molecule has 0 unspecified atom stereocenters. The Morgan fingerprint density at radius 1 is 1.18 bits per heavy atom. The van der Waals surface area contributed by atoms with Crippen LogP contribution in [0.1, 0.15) is 16.1 Å². The summed E-state index contributed by atoms with van der Waals surface area (Å²) in [5.74, 6) is 0.219. The smallest absolute Gasteiger partial charge is 0.202 e. The first-order chi connectivity index (χ1) is 8.06. The molecule has 0 atom stereocenters. The van der Waals surface area contributed by atoms with Gasteiger partial charge in [0.1, 0.15) is 0 Å². The van der Waals surface area contributed by atoms with E-state index in [2.05, 4.69) is 15.9 Å². The number of rotatable bonds is 3. The number of carbonyl (C=O) groups is 1. The molecule has 0 radical (unpaired) electrons. The van der Waals surface area contributed by atoms with Gasteiger partial charge in [-0.15, -0.1) is 0 Å². The van der Waals surface area contributed by atoms with Gasteiger partial charge in [-0.05, 0) is 45.8 Å². The molecule has 0 fully saturated rings. The van der Waals surface area contributed by atoms with Crippen LogP contribution in [0.4, 0.5) is 0 Å². The van der Waals surface area contributed by atoms with E-state index in [0.717, 1.165) is 5.56 Å². The van der Waals surface area contributed by atoms with Crippen LogP contribution in [0.15, 0.2) is 39.4 Å². The van der Waals surface area contributed by atoms with E-state index >= 15 is 0 Å². The number of ketones is 1. The molecule has 2 rings (SSSR count). The molecule has 0 bridgehead atoms. The Bertz CT molecular complexity index is 563. The first-order valence-corrected chi connectivity index (χ1v) is 6.33. The topological polar surface area (TPSA) is 30.2 Å². The molecule has 1 aromatic carbocycles. The van der Waals surface area contributed by atoms with Crippen molar-refractivity contribution >= 4 is 44.9 Å². The molecular weight excluding hydrogens is 327 g/mol. The first kappa shape index (κ1) is 12.7. The number of hydrogen-bond donors (Lipinski definition) is 0. The molecule has 2 nitrogen and oxygen atoms in total. The number of benzene rings is 1. The second-order valence-corrected chi connectivity index (χ2v) is 5.05. The summed E-state index contributed by atoms with van der Waals surface area (Å²) in [5.41, 5.74) is 0.803. The van der Waals surface area contributed by atoms with Crippen LogP contribution in [0.25, 0.3) is 0 Å². The maximum atomic E-state index is 11.8. The average molecular weight is 334 g/mol. The zero-order chi connectivity index (χ0) is 12.4. The second-order valence-electron chi connectivity index (χ2n) is 3.45. The summed E-state index contributed by atoms with van der Waals surface area (Å²) in [4.78, 5) is 11.8. The van der Waals surface area contributed by atoms with Crippen LogP contribution in [0.2, 0.25) is 10.0 Å². The van der Waals surface area contributed by atoms with Gasteiger partial charge in [0.25, 0.3) is 0 Å². The third kappa shape index (κ3) is 3.12. The summed E-state index contributed by atoms with van der Waals surface area (Å²) in [6.07, 6.45) is 0.233. The van der Waals surface area contributed by atoms with Crippen LogP contribution in [-0.4, -0.2) is 5.78 Å². The lowest BCUT2D eigenvalue weighted by atomic mass is 10.1. The summed E-state index contributed by atoms with van der Waals surface area (Å²) >= 11 is 14.8. The normalized spacial score (nSPS) is 10.5. The van der Waals surface area contributed by atoms with Crippen molar-refractivity contribution in [3.63, 3.8) is 0 Å². The molecule has 1 aromatic heterocycles. The van der Waals surface area contributed by atoms with E-state index in [1.165, 1.54) is 0 Å². The van der Waals surface area contributed by atoms with E-state index < -0.39 is 0 Å². The maximum absolute atomic E-state index is 11.8. The zero-order valence-electron chi connectivity index (χ0n) is 8.54. The number of hydrogen-bond acceptors (Lipinski definition) is 2. The number of carbonyl (C=O) groups excluding carboxylic acids is 1. The average Bonchev–Trinajstić information content (AvgIpc) is 2.70. The zero-order valence-corrected chi connectivity index (χ0v) is 11.6. The molecular formula is C12H7BrCl2O2. The van der Waals surface area contributed by atoms with E-state index in [-0.39, 0.29) is 12.2 Å². The fraction of sp³-hybridized carbons (Fsp3) is 0.0833. The van der Waals surface area contributed by atoms with Gasteiger partial charge in [-0.25, -0.2) is 0 Å². The third-order valence-electron chi connectivity index (χ3n) is 2.20. The van der Waals surface area contributed by atoms with E-state index in [9.17, 15) is 4.79 Å². The monoisotopic (exact) mass is 332 g/mol. The molecule has 0 aliphatic rings. The lowest BCUT2D eigenvalue weighted by molar-refractivity contribution is 0.0965. The molecule has 0 aliphatic carbocycles. The van der Waals surface area contributed by atoms with E-state index in [1.807, 2.05) is 0 Å². The van der Waals surface area contributed by atoms with Gasteiger partial charge in [0.15, 0.2) is 10.4 Å². The Balaban J connectivity index is 2.15. The van der Waals surface area contributed by atoms with Crippen molar-refractivity contribution in [2.45, 2.75) is 6.42 Å². The van der Waals surface area contributed by atoms with Gasteiger partial charge in [0.05, 0.1) is 10.0 Å². The van der Waals surface area contributed by atoms with Crippen LogP contribution >= 0.6 is 39.1 Å². The Morgan fingerprint density at radius 3 is 2.53 bits per heavy atom. The quantitative estimate of drug-likeness (QED) is 0.757. The summed E-state index contributed by atoms with van der Waals surface area (Å²) in [7, 11) is 0.